The van der Waals surface area contributed by atoms with Gasteiger partial charge in [0.15, 0.2) is 0 Å². The van der Waals surface area contributed by atoms with E-state index in [2.05, 4.69) is 15.6 Å². The molecule has 0 aromatic carbocycles. The minimum Gasteiger partial charge on any atom is -0.350 e. The number of hydrogen-bond acceptors (Lipinski definition) is 3. The topological polar surface area (TPSA) is 85.3 Å². The van der Waals surface area contributed by atoms with E-state index in [1.165, 1.54) is 6.21 Å². The maximum absolute atomic E-state index is 10.3. The number of aryl methyl sites for hydroxylation is 1. The largest absolute Gasteiger partial charge is 0.350 e. The van der Waals surface area contributed by atoms with Crippen LogP contribution < -0.4 is 11.2 Å². The molecule has 1 aromatic rings. The summed E-state index contributed by atoms with van der Waals surface area (Å²) in [6.07, 6.45) is 3.15. The lowest BCUT2D eigenvalue weighted by atomic mass is 10.3. The molecule has 1 heterocycles. The molecular formula is C7H11N5O. The Balaban J connectivity index is 2.69. The van der Waals surface area contributed by atoms with Gasteiger partial charge in [-0.05, 0) is 6.92 Å². The molecule has 1 aromatic heterocycles. The number of amides is 2. The molecule has 0 bridgehead atoms. The van der Waals surface area contributed by atoms with Gasteiger partial charge in [0.25, 0.3) is 0 Å². The summed E-state index contributed by atoms with van der Waals surface area (Å²) < 4.78 is 1.71. The second kappa shape index (κ2) is 3.70. The van der Waals surface area contributed by atoms with Gasteiger partial charge < -0.3 is 5.73 Å². The summed E-state index contributed by atoms with van der Waals surface area (Å²) in [6, 6.07) is -0.683. The number of aromatic nitrogens is 2. The highest BCUT2D eigenvalue weighted by Gasteiger charge is 1.99. The predicted molar refractivity (Wildman–Crippen MR) is 48.3 cm³/mol. The van der Waals surface area contributed by atoms with E-state index in [0.717, 1.165) is 11.3 Å². The molecule has 0 saturated carbocycles. The van der Waals surface area contributed by atoms with Crippen LogP contribution in [0.25, 0.3) is 0 Å². The Labute approximate surface area is 75.4 Å². The third-order valence-electron chi connectivity index (χ3n) is 1.65. The number of carbonyl (C=O) groups excluding carboxylic acids is 1. The van der Waals surface area contributed by atoms with Crippen molar-refractivity contribution in [3.8, 4) is 0 Å². The van der Waals surface area contributed by atoms with Crippen LogP contribution in [0.2, 0.25) is 0 Å². The summed E-state index contributed by atoms with van der Waals surface area (Å²) in [5.74, 6) is 0. The second-order valence-electron chi connectivity index (χ2n) is 2.54. The predicted octanol–water partition coefficient (Wildman–Crippen LogP) is -0.269. The molecule has 1 rings (SSSR count). The van der Waals surface area contributed by atoms with Crippen molar-refractivity contribution in [1.29, 1.82) is 0 Å². The van der Waals surface area contributed by atoms with Gasteiger partial charge in [0.1, 0.15) is 0 Å². The third kappa shape index (κ3) is 2.29. The van der Waals surface area contributed by atoms with Crippen molar-refractivity contribution in [3.63, 3.8) is 0 Å². The van der Waals surface area contributed by atoms with Gasteiger partial charge in [0.05, 0.1) is 12.4 Å². The molecule has 0 fully saturated rings. The molecule has 13 heavy (non-hydrogen) atoms. The molecule has 70 valence electrons. The standard InChI is InChI=1S/C7H11N5O/c1-5-6(4-10-12(5)2)3-9-11-7(8)13/h3-4H,1-2H3,(H3,8,11,13). The molecule has 0 radical (unpaired) electrons. The number of rotatable bonds is 2. The Bertz CT molecular complexity index is 341. The molecule has 0 atom stereocenters. The van der Waals surface area contributed by atoms with Crippen molar-refractivity contribution in [2.45, 2.75) is 6.92 Å². The minimum absolute atomic E-state index is 0.683. The van der Waals surface area contributed by atoms with Crippen LogP contribution in [0.1, 0.15) is 11.3 Å². The highest BCUT2D eigenvalue weighted by Crippen LogP contribution is 2.00. The lowest BCUT2D eigenvalue weighted by Gasteiger charge is -1.93. The lowest BCUT2D eigenvalue weighted by Crippen LogP contribution is -2.24. The van der Waals surface area contributed by atoms with Gasteiger partial charge in [-0.3, -0.25) is 4.68 Å². The normalized spacial score (nSPS) is 10.6. The SMILES string of the molecule is Cc1c(C=NNC(N)=O)cnn1C. The van der Waals surface area contributed by atoms with Crippen LogP contribution in [0.4, 0.5) is 4.79 Å². The quantitative estimate of drug-likeness (QED) is 0.486. The molecule has 6 nitrogen and oxygen atoms in total. The zero-order valence-electron chi connectivity index (χ0n) is 7.48. The first kappa shape index (κ1) is 9.24. The van der Waals surface area contributed by atoms with Crippen LogP contribution in [0.3, 0.4) is 0 Å². The van der Waals surface area contributed by atoms with Crippen molar-refractivity contribution < 1.29 is 4.79 Å². The number of hydrogen-bond donors (Lipinski definition) is 2. The maximum atomic E-state index is 10.3. The Morgan fingerprint density at radius 1 is 1.85 bits per heavy atom. The Kier molecular flexibility index (Phi) is 2.63. The molecule has 0 unspecified atom stereocenters. The number of primary amides is 1. The molecule has 0 spiro atoms. The van der Waals surface area contributed by atoms with Crippen LogP contribution in [-0.4, -0.2) is 22.0 Å². The van der Waals surface area contributed by atoms with Crippen molar-refractivity contribution in [1.82, 2.24) is 15.2 Å². The minimum atomic E-state index is -0.683. The number of nitrogens with one attached hydrogen (secondary N) is 1. The van der Waals surface area contributed by atoms with Crippen molar-refractivity contribution in [2.75, 3.05) is 0 Å². The van der Waals surface area contributed by atoms with E-state index < -0.39 is 6.03 Å². The third-order valence-corrected chi connectivity index (χ3v) is 1.65. The molecule has 2 amide bonds. The Morgan fingerprint density at radius 2 is 2.54 bits per heavy atom. The summed E-state index contributed by atoms with van der Waals surface area (Å²) in [5.41, 5.74) is 8.73. The fourth-order valence-electron chi connectivity index (χ4n) is 0.808. The van der Waals surface area contributed by atoms with E-state index in [9.17, 15) is 4.79 Å². The average molecular weight is 181 g/mol. The van der Waals surface area contributed by atoms with Crippen molar-refractivity contribution in [3.05, 3.63) is 17.5 Å². The lowest BCUT2D eigenvalue weighted by molar-refractivity contribution is 0.249. The van der Waals surface area contributed by atoms with Crippen molar-refractivity contribution in [2.24, 2.45) is 17.9 Å². The monoisotopic (exact) mass is 181 g/mol. The molecule has 0 saturated heterocycles. The zero-order valence-corrected chi connectivity index (χ0v) is 7.48. The van der Waals surface area contributed by atoms with E-state index in [-0.39, 0.29) is 0 Å². The number of nitrogens with zero attached hydrogens (tertiary/aromatic N) is 3. The van der Waals surface area contributed by atoms with Crippen LogP contribution in [-0.2, 0) is 7.05 Å². The van der Waals surface area contributed by atoms with Gasteiger partial charge in [0.2, 0.25) is 0 Å². The highest BCUT2D eigenvalue weighted by molar-refractivity contribution is 5.82. The van der Waals surface area contributed by atoms with E-state index >= 15 is 0 Å². The number of nitrogens with two attached hydrogens (primary N) is 1. The van der Waals surface area contributed by atoms with Crippen LogP contribution >= 0.6 is 0 Å². The maximum Gasteiger partial charge on any atom is 0.332 e. The fourth-order valence-corrected chi connectivity index (χ4v) is 0.808. The van der Waals surface area contributed by atoms with E-state index in [1.54, 1.807) is 10.9 Å². The van der Waals surface area contributed by atoms with Gasteiger partial charge in [0, 0.05) is 18.3 Å². The van der Waals surface area contributed by atoms with Gasteiger partial charge in [-0.25, -0.2) is 10.2 Å². The van der Waals surface area contributed by atoms with E-state index in [1.807, 2.05) is 14.0 Å². The molecule has 0 aliphatic carbocycles. The summed E-state index contributed by atoms with van der Waals surface area (Å²) >= 11 is 0. The zero-order chi connectivity index (χ0) is 9.84. The average Bonchev–Trinajstić information content (AvgIpc) is 2.35. The fraction of sp³-hybridized carbons (Fsp3) is 0.286. The van der Waals surface area contributed by atoms with Gasteiger partial charge in [-0.2, -0.15) is 10.2 Å². The van der Waals surface area contributed by atoms with E-state index in [0.29, 0.717) is 0 Å². The molecule has 0 aliphatic rings. The van der Waals surface area contributed by atoms with E-state index in [4.69, 9.17) is 5.73 Å². The Morgan fingerprint density at radius 3 is 3.00 bits per heavy atom. The second-order valence-corrected chi connectivity index (χ2v) is 2.54. The van der Waals surface area contributed by atoms with Gasteiger partial charge >= 0.3 is 6.03 Å². The molecule has 3 N–H and O–H groups in total. The number of hydrazone groups is 1. The number of carbonyl (C=O) groups is 1. The first-order valence-corrected chi connectivity index (χ1v) is 3.68. The summed E-state index contributed by atoms with van der Waals surface area (Å²) in [5, 5.41) is 7.61. The smallest absolute Gasteiger partial charge is 0.332 e. The summed E-state index contributed by atoms with van der Waals surface area (Å²) in [4.78, 5) is 10.3. The first-order chi connectivity index (χ1) is 6.11. The summed E-state index contributed by atoms with van der Waals surface area (Å²) in [6.45, 7) is 1.90. The van der Waals surface area contributed by atoms with Gasteiger partial charge in [-0.1, -0.05) is 0 Å². The van der Waals surface area contributed by atoms with Crippen LogP contribution in [0.15, 0.2) is 11.3 Å². The van der Waals surface area contributed by atoms with Crippen LogP contribution in [0, 0.1) is 6.92 Å². The number of urea groups is 1. The highest BCUT2D eigenvalue weighted by atomic mass is 16.2. The first-order valence-electron chi connectivity index (χ1n) is 3.68. The molecular weight excluding hydrogens is 170 g/mol. The summed E-state index contributed by atoms with van der Waals surface area (Å²) in [7, 11) is 1.83. The molecule has 6 heteroatoms. The van der Waals surface area contributed by atoms with Crippen LogP contribution in [0.5, 0.6) is 0 Å². The van der Waals surface area contributed by atoms with Gasteiger partial charge in [-0.15, -0.1) is 0 Å². The molecule has 0 aliphatic heterocycles. The Hall–Kier alpha value is -1.85. The van der Waals surface area contributed by atoms with Crippen molar-refractivity contribution >= 4 is 12.2 Å².